The van der Waals surface area contributed by atoms with E-state index in [9.17, 15) is 9.59 Å². The van der Waals surface area contributed by atoms with Crippen LogP contribution in [0.1, 0.15) is 52.9 Å². The van der Waals surface area contributed by atoms with E-state index in [1.807, 2.05) is 4.57 Å². The molecule has 0 aromatic carbocycles. The van der Waals surface area contributed by atoms with E-state index >= 15 is 0 Å². The smallest absolute Gasteiger partial charge is 0.329 e. The van der Waals surface area contributed by atoms with Crippen molar-refractivity contribution in [2.24, 2.45) is 18.9 Å². The van der Waals surface area contributed by atoms with Crippen molar-refractivity contribution in [2.45, 2.75) is 59.4 Å². The molecule has 26 heavy (non-hydrogen) atoms. The number of aryl methyl sites for hydroxylation is 2. The molecule has 0 unspecified atom stereocenters. The second-order valence-corrected chi connectivity index (χ2v) is 7.97. The number of H-pyrrole nitrogens is 1. The van der Waals surface area contributed by atoms with Crippen LogP contribution in [0.5, 0.6) is 0 Å². The van der Waals surface area contributed by atoms with Crippen molar-refractivity contribution in [3.63, 3.8) is 0 Å². The minimum atomic E-state index is -0.412. The van der Waals surface area contributed by atoms with Gasteiger partial charge in [0.25, 0.3) is 5.56 Å². The van der Waals surface area contributed by atoms with Crippen LogP contribution in [0.4, 0.5) is 5.95 Å². The van der Waals surface area contributed by atoms with Crippen LogP contribution in [0.25, 0.3) is 11.2 Å². The number of hydrogen-bond acceptors (Lipinski definition) is 4. The number of rotatable bonds is 6. The number of unbranched alkanes of at least 4 members (excludes halogenated alkanes) is 3. The van der Waals surface area contributed by atoms with Gasteiger partial charge >= 0.3 is 5.69 Å². The quantitative estimate of drug-likeness (QED) is 0.802. The topological polar surface area (TPSA) is 75.9 Å². The number of nitrogens with zero attached hydrogens (tertiary/aromatic N) is 4. The van der Waals surface area contributed by atoms with Gasteiger partial charge in [-0.1, -0.05) is 40.0 Å². The van der Waals surface area contributed by atoms with Crippen LogP contribution in [0, 0.1) is 11.8 Å². The predicted molar refractivity (Wildman–Crippen MR) is 105 cm³/mol. The predicted octanol–water partition coefficient (Wildman–Crippen LogP) is 2.49. The Hall–Kier alpha value is -2.05. The zero-order chi connectivity index (χ0) is 18.8. The summed E-state index contributed by atoms with van der Waals surface area (Å²) in [6.07, 6.45) is 5.72. The van der Waals surface area contributed by atoms with E-state index < -0.39 is 5.69 Å². The van der Waals surface area contributed by atoms with Gasteiger partial charge in [0.2, 0.25) is 5.95 Å². The van der Waals surface area contributed by atoms with Crippen LogP contribution in [0.15, 0.2) is 9.59 Å². The fourth-order valence-electron chi connectivity index (χ4n) is 4.20. The fourth-order valence-corrected chi connectivity index (χ4v) is 4.20. The van der Waals surface area contributed by atoms with E-state index in [1.54, 1.807) is 7.05 Å². The van der Waals surface area contributed by atoms with Crippen molar-refractivity contribution in [3.05, 3.63) is 20.8 Å². The van der Waals surface area contributed by atoms with Gasteiger partial charge in [0, 0.05) is 26.7 Å². The van der Waals surface area contributed by atoms with Crippen molar-refractivity contribution in [2.75, 3.05) is 18.0 Å². The molecule has 0 aliphatic carbocycles. The van der Waals surface area contributed by atoms with Crippen molar-refractivity contribution >= 4 is 17.1 Å². The molecule has 2 aromatic rings. The summed E-state index contributed by atoms with van der Waals surface area (Å²) in [5.41, 5.74) is 0.250. The van der Waals surface area contributed by atoms with Crippen molar-refractivity contribution < 1.29 is 0 Å². The maximum absolute atomic E-state index is 12.5. The summed E-state index contributed by atoms with van der Waals surface area (Å²) in [6.45, 7) is 9.35. The number of anilines is 1. The molecule has 7 heteroatoms. The minimum Gasteiger partial charge on any atom is -0.342 e. The van der Waals surface area contributed by atoms with Crippen LogP contribution in [0.3, 0.4) is 0 Å². The third-order valence-electron chi connectivity index (χ3n) is 5.37. The number of fused-ring (bicyclic) bond motifs is 1. The first-order valence-electron chi connectivity index (χ1n) is 9.86. The molecule has 1 aliphatic rings. The third-order valence-corrected chi connectivity index (χ3v) is 5.37. The maximum Gasteiger partial charge on any atom is 0.329 e. The van der Waals surface area contributed by atoms with Gasteiger partial charge in [-0.05, 0) is 24.7 Å². The van der Waals surface area contributed by atoms with Crippen LogP contribution in [0.2, 0.25) is 0 Å². The molecular weight excluding hydrogens is 330 g/mol. The lowest BCUT2D eigenvalue weighted by Gasteiger charge is -2.35. The van der Waals surface area contributed by atoms with Gasteiger partial charge in [0.1, 0.15) is 0 Å². The molecule has 0 spiro atoms. The molecule has 1 aliphatic heterocycles. The Balaban J connectivity index is 2.08. The molecule has 7 nitrogen and oxygen atoms in total. The Morgan fingerprint density at radius 2 is 1.81 bits per heavy atom. The third kappa shape index (κ3) is 3.57. The monoisotopic (exact) mass is 361 g/mol. The molecule has 1 saturated heterocycles. The van der Waals surface area contributed by atoms with Gasteiger partial charge < -0.3 is 9.47 Å². The summed E-state index contributed by atoms with van der Waals surface area (Å²) < 4.78 is 3.48. The zero-order valence-corrected chi connectivity index (χ0v) is 16.4. The highest BCUT2D eigenvalue weighted by atomic mass is 16.2. The Morgan fingerprint density at radius 3 is 2.46 bits per heavy atom. The number of aromatic amines is 1. The van der Waals surface area contributed by atoms with Crippen LogP contribution >= 0.6 is 0 Å². The fraction of sp³-hybridized carbons (Fsp3) is 0.737. The Bertz CT molecular complexity index is 868. The first-order valence-corrected chi connectivity index (χ1v) is 9.86. The highest BCUT2D eigenvalue weighted by Crippen LogP contribution is 2.28. The summed E-state index contributed by atoms with van der Waals surface area (Å²) in [5, 5.41) is 0. The molecule has 1 fully saturated rings. The van der Waals surface area contributed by atoms with Gasteiger partial charge in [-0.3, -0.25) is 14.3 Å². The SMILES string of the molecule is CCCCCCn1c(N2C[C@@H](C)C[C@H](C)C2)nc2c1c(=O)[nH]c(=O)n2C. The molecule has 2 aromatic heterocycles. The zero-order valence-electron chi connectivity index (χ0n) is 16.4. The molecule has 3 rings (SSSR count). The van der Waals surface area contributed by atoms with Crippen LogP contribution in [-0.4, -0.2) is 32.2 Å². The van der Waals surface area contributed by atoms with Gasteiger partial charge in [0.15, 0.2) is 11.2 Å². The highest BCUT2D eigenvalue weighted by Gasteiger charge is 2.27. The molecule has 2 atom stereocenters. The van der Waals surface area contributed by atoms with Crippen LogP contribution < -0.4 is 16.1 Å². The van der Waals surface area contributed by atoms with Gasteiger partial charge in [-0.2, -0.15) is 4.98 Å². The summed E-state index contributed by atoms with van der Waals surface area (Å²) in [5.74, 6) is 2.02. The molecule has 3 heterocycles. The Morgan fingerprint density at radius 1 is 1.12 bits per heavy atom. The number of nitrogens with one attached hydrogen (secondary N) is 1. The summed E-state index contributed by atoms with van der Waals surface area (Å²) in [6, 6.07) is 0. The average Bonchev–Trinajstić information content (AvgIpc) is 2.96. The summed E-state index contributed by atoms with van der Waals surface area (Å²) >= 11 is 0. The van der Waals surface area contributed by atoms with E-state index in [-0.39, 0.29) is 5.56 Å². The van der Waals surface area contributed by atoms with Gasteiger partial charge in [-0.25, -0.2) is 4.79 Å². The Kier molecular flexibility index (Phi) is 5.53. The lowest BCUT2D eigenvalue weighted by atomic mass is 9.92. The average molecular weight is 361 g/mol. The maximum atomic E-state index is 12.5. The van der Waals surface area contributed by atoms with E-state index in [0.29, 0.717) is 23.0 Å². The van der Waals surface area contributed by atoms with E-state index in [0.717, 1.165) is 38.4 Å². The number of hydrogen-bond donors (Lipinski definition) is 1. The highest BCUT2D eigenvalue weighted by molar-refractivity contribution is 5.74. The first kappa shape index (κ1) is 18.7. The molecule has 1 N–H and O–H groups in total. The summed E-state index contributed by atoms with van der Waals surface area (Å²) in [4.78, 5) is 34.0. The molecule has 0 saturated carbocycles. The first-order chi connectivity index (χ1) is 12.4. The minimum absolute atomic E-state index is 0.338. The van der Waals surface area contributed by atoms with Crippen molar-refractivity contribution in [1.29, 1.82) is 0 Å². The molecular formula is C19H31N5O2. The summed E-state index contributed by atoms with van der Waals surface area (Å²) in [7, 11) is 1.67. The van der Waals surface area contributed by atoms with Gasteiger partial charge in [0.05, 0.1) is 0 Å². The second-order valence-electron chi connectivity index (χ2n) is 7.97. The number of aromatic nitrogens is 4. The molecule has 0 radical (unpaired) electrons. The van der Waals surface area contributed by atoms with E-state index in [2.05, 4.69) is 30.7 Å². The standard InChI is InChI=1S/C19H31N5O2/c1-5-6-7-8-9-24-15-16(22(4)19(26)21-17(15)25)20-18(24)23-11-13(2)10-14(3)12-23/h13-14H,5-12H2,1-4H3,(H,21,25,26)/t13-,14-/m0/s1. The van der Waals surface area contributed by atoms with Crippen molar-refractivity contribution in [1.82, 2.24) is 19.1 Å². The largest absolute Gasteiger partial charge is 0.342 e. The van der Waals surface area contributed by atoms with Crippen molar-refractivity contribution in [3.8, 4) is 0 Å². The van der Waals surface area contributed by atoms with Crippen LogP contribution in [-0.2, 0) is 13.6 Å². The molecule has 0 amide bonds. The lowest BCUT2D eigenvalue weighted by molar-refractivity contribution is 0.351. The lowest BCUT2D eigenvalue weighted by Crippen LogP contribution is -2.40. The molecule has 0 bridgehead atoms. The van der Waals surface area contributed by atoms with Gasteiger partial charge in [-0.15, -0.1) is 0 Å². The van der Waals surface area contributed by atoms with E-state index in [4.69, 9.17) is 4.98 Å². The normalized spacial score (nSPS) is 20.8. The van der Waals surface area contributed by atoms with E-state index in [1.165, 1.54) is 23.8 Å². The number of piperidine rings is 1. The number of imidazole rings is 1. The second kappa shape index (κ2) is 7.68. The Labute approximate surface area is 154 Å². The molecule has 144 valence electrons.